The Hall–Kier alpha value is -1.75. The number of hydrogen-bond acceptors (Lipinski definition) is 0. The molecule has 1 heterocycles. The molecule has 3 aromatic carbocycles. The van der Waals surface area contributed by atoms with E-state index in [9.17, 15) is 0 Å². The minimum absolute atomic E-state index is 0. The molecule has 0 nitrogen and oxygen atoms in total. The maximum absolute atomic E-state index is 3.01. The van der Waals surface area contributed by atoms with Gasteiger partial charge in [-0.1, -0.05) is 0 Å². The van der Waals surface area contributed by atoms with Gasteiger partial charge in [-0.25, -0.2) is 18.2 Å². The van der Waals surface area contributed by atoms with Crippen LogP contribution in [-0.4, -0.2) is 3.21 Å². The van der Waals surface area contributed by atoms with Gasteiger partial charge >= 0.3 is 41.3 Å². The van der Waals surface area contributed by atoms with Crippen LogP contribution >= 0.6 is 33.0 Å². The predicted octanol–water partition coefficient (Wildman–Crippen LogP) is 10.7. The molecule has 4 heteroatoms. The van der Waals surface area contributed by atoms with Gasteiger partial charge in [0.1, 0.15) is 0 Å². The smallest absolute Gasteiger partial charge is 0.109 e. The van der Waals surface area contributed by atoms with Crippen LogP contribution in [0.4, 0.5) is 0 Å². The van der Waals surface area contributed by atoms with Crippen LogP contribution in [0.5, 0.6) is 0 Å². The van der Waals surface area contributed by atoms with E-state index in [1.807, 2.05) is 115 Å². The van der Waals surface area contributed by atoms with Gasteiger partial charge in [0.25, 0.3) is 0 Å². The second kappa shape index (κ2) is 48.3. The molecule has 0 aliphatic heterocycles. The summed E-state index contributed by atoms with van der Waals surface area (Å²) < 4.78 is 1.51. The molecule has 0 amide bonds. The second-order valence-corrected chi connectivity index (χ2v) is 9.42. The first-order chi connectivity index (χ1) is 15.7. The molecule has 0 bridgehead atoms. The average molecular weight is 646 g/mol. The van der Waals surface area contributed by atoms with Gasteiger partial charge < -0.3 is 29.7 Å². The fraction of sp³-hybridized carbons (Fsp3) is 0.0882. The minimum atomic E-state index is 0. The average Bonchev–Trinajstić information content (AvgIpc) is 3.63. The SMILES string of the molecule is C[C](C)=[Zr].Cl.Cl.[C-]1=CC=CC1.[CH3-].[CH3-].[CH3-].[CH3-].[c-]1ccc[pH]1.[c-]1ccccc1.[c-]1ccccc1.[c-]1ccccc1. The Morgan fingerprint density at radius 3 is 1.05 bits per heavy atom. The summed E-state index contributed by atoms with van der Waals surface area (Å²) in [6.45, 7) is 4.25. The van der Waals surface area contributed by atoms with Crippen molar-refractivity contribution in [3.63, 3.8) is 0 Å². The first-order valence-corrected chi connectivity index (χ1v) is 12.5. The van der Waals surface area contributed by atoms with Gasteiger partial charge in [0.2, 0.25) is 0 Å². The van der Waals surface area contributed by atoms with Gasteiger partial charge in [-0.3, -0.25) is 14.3 Å². The van der Waals surface area contributed by atoms with Crippen molar-refractivity contribution in [2.45, 2.75) is 20.3 Å². The van der Waals surface area contributed by atoms with Crippen LogP contribution in [-0.2, 0) is 24.2 Å². The molecule has 1 aliphatic rings. The van der Waals surface area contributed by atoms with Crippen molar-refractivity contribution >= 4 is 36.2 Å². The van der Waals surface area contributed by atoms with E-state index in [4.69, 9.17) is 0 Å². The molecule has 0 radical (unpaired) electrons. The molecule has 4 aromatic rings. The molecular formula is C34H44Cl2PZr-9. The molecular weight excluding hydrogens is 601 g/mol. The van der Waals surface area contributed by atoms with E-state index in [1.54, 1.807) is 24.2 Å². The summed E-state index contributed by atoms with van der Waals surface area (Å²) in [5.74, 6) is 5.11. The fourth-order valence-corrected chi connectivity index (χ4v) is 2.09. The molecule has 0 fully saturated rings. The zero-order valence-corrected chi connectivity index (χ0v) is 28.7. The van der Waals surface area contributed by atoms with Crippen LogP contribution in [0, 0.1) is 59.8 Å². The normalized spacial score (nSPS) is 8.03. The summed E-state index contributed by atoms with van der Waals surface area (Å²) in [5.41, 5.74) is 0. The van der Waals surface area contributed by atoms with Crippen molar-refractivity contribution in [2.24, 2.45) is 0 Å². The van der Waals surface area contributed by atoms with Gasteiger partial charge in [-0.05, 0) is 0 Å². The van der Waals surface area contributed by atoms with E-state index in [0.717, 1.165) is 14.6 Å². The van der Waals surface area contributed by atoms with Crippen LogP contribution in [0.25, 0.3) is 0 Å². The van der Waals surface area contributed by atoms with E-state index >= 15 is 0 Å². The first-order valence-electron chi connectivity index (χ1n) is 10.2. The second-order valence-electron chi connectivity index (χ2n) is 6.05. The predicted molar refractivity (Wildman–Crippen MR) is 179 cm³/mol. The monoisotopic (exact) mass is 643 g/mol. The third kappa shape index (κ3) is 55.0. The largest absolute Gasteiger partial charge is 0.358 e. The summed E-state index contributed by atoms with van der Waals surface area (Å²) in [7, 11) is 0.823. The van der Waals surface area contributed by atoms with Crippen molar-refractivity contribution in [2.75, 3.05) is 0 Å². The quantitative estimate of drug-likeness (QED) is 0.167. The van der Waals surface area contributed by atoms with Gasteiger partial charge in [-0.2, -0.15) is 133 Å². The Bertz CT molecular complexity index is 693. The summed E-state index contributed by atoms with van der Waals surface area (Å²) in [6, 6.07) is 41.5. The van der Waals surface area contributed by atoms with Crippen LogP contribution in [0.2, 0.25) is 0 Å². The first kappa shape index (κ1) is 52.6. The summed E-state index contributed by atoms with van der Waals surface area (Å²) in [5, 5.41) is 0. The van der Waals surface area contributed by atoms with E-state index in [-0.39, 0.29) is 54.5 Å². The molecule has 0 saturated carbocycles. The topological polar surface area (TPSA) is 0 Å². The molecule has 1 atom stereocenters. The van der Waals surface area contributed by atoms with Crippen LogP contribution in [0.1, 0.15) is 20.3 Å². The fourth-order valence-electron chi connectivity index (χ4n) is 1.61. The molecule has 38 heavy (non-hydrogen) atoms. The maximum atomic E-state index is 3.01. The van der Waals surface area contributed by atoms with E-state index in [1.165, 1.54) is 3.21 Å². The molecule has 0 saturated heterocycles. The summed E-state index contributed by atoms with van der Waals surface area (Å²) >= 11 is 1.55. The standard InChI is InChI=1S/3C6H5.C5H5.C4H4P.C3H6.4CH3.2ClH.Zr/c3*1-2-4-6-5-3-1;2*1-2-4-5-3-1;1-3-2;;;;;;;/h3*1-5H;1-3H,4H2;1-3,5H;1-2H3;4*1H3;2*1H;/q5*-1;;4*-1;;;. The third-order valence-corrected chi connectivity index (χ3v) is 3.54. The minimum Gasteiger partial charge on any atom is -0.358 e. The molecule has 1 aromatic heterocycles. The van der Waals surface area contributed by atoms with Crippen molar-refractivity contribution in [3.05, 3.63) is 187 Å². The van der Waals surface area contributed by atoms with Gasteiger partial charge in [-0.15, -0.1) is 31.2 Å². The summed E-state index contributed by atoms with van der Waals surface area (Å²) in [4.78, 5) is 0. The number of hydrogen-bond donors (Lipinski definition) is 0. The Balaban J connectivity index is -0.0000000591. The van der Waals surface area contributed by atoms with E-state index in [2.05, 4.69) is 55.8 Å². The molecule has 5 rings (SSSR count). The van der Waals surface area contributed by atoms with Gasteiger partial charge in [0, 0.05) is 0 Å². The van der Waals surface area contributed by atoms with Crippen LogP contribution in [0.15, 0.2) is 127 Å². The molecule has 1 aliphatic carbocycles. The van der Waals surface area contributed by atoms with Crippen LogP contribution < -0.4 is 0 Å². The zero-order valence-electron chi connectivity index (χ0n) is 23.6. The Kier molecular flexibility index (Phi) is 67.0. The number of benzene rings is 3. The van der Waals surface area contributed by atoms with Gasteiger partial charge in [0.15, 0.2) is 0 Å². The Morgan fingerprint density at radius 2 is 0.974 bits per heavy atom. The van der Waals surface area contributed by atoms with Gasteiger partial charge in [0.05, 0.1) is 0 Å². The molecule has 0 spiro atoms. The molecule has 0 N–H and O–H groups in total. The van der Waals surface area contributed by atoms with E-state index < -0.39 is 0 Å². The third-order valence-electron chi connectivity index (χ3n) is 2.85. The van der Waals surface area contributed by atoms with Crippen molar-refractivity contribution in [1.29, 1.82) is 0 Å². The molecule has 1 unspecified atom stereocenters. The summed E-state index contributed by atoms with van der Waals surface area (Å²) in [6.07, 6.45) is 10.0. The number of rotatable bonds is 0. The Labute approximate surface area is 266 Å². The number of halogens is 2. The van der Waals surface area contributed by atoms with Crippen molar-refractivity contribution in [3.8, 4) is 0 Å². The van der Waals surface area contributed by atoms with E-state index in [0.29, 0.717) is 0 Å². The Morgan fingerprint density at radius 1 is 0.605 bits per heavy atom. The van der Waals surface area contributed by atoms with Crippen molar-refractivity contribution in [1.82, 2.24) is 0 Å². The van der Waals surface area contributed by atoms with Crippen molar-refractivity contribution < 1.29 is 24.2 Å². The molecule has 212 valence electrons. The number of allylic oxidation sites excluding steroid dienone is 4. The van der Waals surface area contributed by atoms with Crippen LogP contribution in [0.3, 0.4) is 0 Å². The zero-order chi connectivity index (χ0) is 23.4. The maximum Gasteiger partial charge on any atom is -0.109 e.